The fraction of sp³-hybridized carbons (Fsp3) is 0.333. The lowest BCUT2D eigenvalue weighted by Gasteiger charge is -1.88. The van der Waals surface area contributed by atoms with Crippen molar-refractivity contribution in [1.82, 2.24) is 0 Å². The lowest BCUT2D eigenvalue weighted by atomic mass is 10.4. The van der Waals surface area contributed by atoms with Gasteiger partial charge >= 0.3 is 0 Å². The van der Waals surface area contributed by atoms with Crippen LogP contribution in [0.25, 0.3) is 0 Å². The van der Waals surface area contributed by atoms with Gasteiger partial charge in [0.2, 0.25) is 0 Å². The van der Waals surface area contributed by atoms with Crippen LogP contribution in [0.4, 0.5) is 0 Å². The van der Waals surface area contributed by atoms with E-state index >= 15 is 0 Å². The van der Waals surface area contributed by atoms with Crippen molar-refractivity contribution in [3.8, 4) is 0 Å². The Bertz CT molecular complexity index is 186. The highest BCUT2D eigenvalue weighted by molar-refractivity contribution is 5.96. The summed E-state index contributed by atoms with van der Waals surface area (Å²) in [6, 6.07) is 0. The zero-order valence-electron chi connectivity index (χ0n) is 5.33. The van der Waals surface area contributed by atoms with E-state index in [1.54, 1.807) is 6.20 Å². The van der Waals surface area contributed by atoms with Crippen LogP contribution < -0.4 is 5.73 Å². The van der Waals surface area contributed by atoms with Crippen molar-refractivity contribution in [3.05, 3.63) is 12.3 Å². The number of rotatable bonds is 0. The second-order valence-electron chi connectivity index (χ2n) is 1.89. The largest absolute Gasteiger partial charge is 0.386 e. The molecule has 0 radical (unpaired) electrons. The van der Waals surface area contributed by atoms with Gasteiger partial charge in [-0.15, -0.1) is 0 Å². The average Bonchev–Trinajstić information content (AvgIpc) is 1.97. The van der Waals surface area contributed by atoms with E-state index in [0.29, 0.717) is 12.4 Å². The van der Waals surface area contributed by atoms with Crippen molar-refractivity contribution < 1.29 is 0 Å². The summed E-state index contributed by atoms with van der Waals surface area (Å²) in [6.45, 7) is 2.45. The molecule has 2 N–H and O–H groups in total. The molecule has 0 aromatic carbocycles. The molecule has 0 amide bonds. The SMILES string of the molecule is CC1=NCC(N)=NC=C1. The zero-order valence-corrected chi connectivity index (χ0v) is 5.33. The van der Waals surface area contributed by atoms with Gasteiger partial charge in [-0.3, -0.25) is 4.99 Å². The molecular weight excluding hydrogens is 114 g/mol. The minimum absolute atomic E-state index is 0.527. The summed E-state index contributed by atoms with van der Waals surface area (Å²) >= 11 is 0. The van der Waals surface area contributed by atoms with E-state index in [2.05, 4.69) is 9.98 Å². The first-order chi connectivity index (χ1) is 4.29. The quantitative estimate of drug-likeness (QED) is 0.496. The molecule has 0 bridgehead atoms. The van der Waals surface area contributed by atoms with Crippen molar-refractivity contribution in [3.63, 3.8) is 0 Å². The van der Waals surface area contributed by atoms with Gasteiger partial charge in [-0.25, -0.2) is 4.99 Å². The van der Waals surface area contributed by atoms with Gasteiger partial charge in [0.1, 0.15) is 5.84 Å². The molecule has 48 valence electrons. The molecule has 9 heavy (non-hydrogen) atoms. The maximum Gasteiger partial charge on any atom is 0.121 e. The monoisotopic (exact) mass is 123 g/mol. The zero-order chi connectivity index (χ0) is 6.69. The average molecular weight is 123 g/mol. The van der Waals surface area contributed by atoms with Crippen LogP contribution in [0, 0.1) is 0 Å². The molecule has 1 rings (SSSR count). The van der Waals surface area contributed by atoms with Crippen LogP contribution in [-0.2, 0) is 0 Å². The first-order valence-electron chi connectivity index (χ1n) is 2.79. The summed E-state index contributed by atoms with van der Waals surface area (Å²) in [6.07, 6.45) is 3.50. The summed E-state index contributed by atoms with van der Waals surface area (Å²) in [4.78, 5) is 7.95. The van der Waals surface area contributed by atoms with E-state index in [4.69, 9.17) is 5.73 Å². The van der Waals surface area contributed by atoms with E-state index in [9.17, 15) is 0 Å². The van der Waals surface area contributed by atoms with Gasteiger partial charge in [-0.2, -0.15) is 0 Å². The third kappa shape index (κ3) is 1.68. The van der Waals surface area contributed by atoms with Gasteiger partial charge < -0.3 is 5.73 Å². The standard InChI is InChI=1S/C6H9N3/c1-5-2-3-8-6(7)4-9-5/h2-3H,4H2,1H3,(H2,7,8). The number of amidine groups is 1. The Labute approximate surface area is 54.0 Å². The number of allylic oxidation sites excluding steroid dienone is 1. The number of nitrogens with two attached hydrogens (primary N) is 1. The molecule has 0 atom stereocenters. The number of nitrogens with zero attached hydrogens (tertiary/aromatic N) is 2. The van der Waals surface area contributed by atoms with Gasteiger partial charge in [0.25, 0.3) is 0 Å². The Morgan fingerprint density at radius 2 is 2.44 bits per heavy atom. The molecule has 1 aliphatic heterocycles. The summed E-state index contributed by atoms with van der Waals surface area (Å²) in [5.41, 5.74) is 6.36. The van der Waals surface area contributed by atoms with Crippen LogP contribution >= 0.6 is 0 Å². The third-order valence-corrected chi connectivity index (χ3v) is 1.05. The molecule has 0 spiro atoms. The van der Waals surface area contributed by atoms with Gasteiger partial charge in [-0.1, -0.05) is 0 Å². The number of aliphatic imine (C=N–C) groups is 2. The summed E-state index contributed by atoms with van der Waals surface area (Å²) < 4.78 is 0. The second-order valence-corrected chi connectivity index (χ2v) is 1.89. The molecule has 3 heteroatoms. The fourth-order valence-corrected chi connectivity index (χ4v) is 0.540. The van der Waals surface area contributed by atoms with Gasteiger partial charge in [0.05, 0.1) is 6.54 Å². The van der Waals surface area contributed by atoms with Crippen LogP contribution in [0.2, 0.25) is 0 Å². The Hall–Kier alpha value is -1.12. The third-order valence-electron chi connectivity index (χ3n) is 1.05. The predicted octanol–water partition coefficient (Wildman–Crippen LogP) is 0.332. The highest BCUT2D eigenvalue weighted by Gasteiger charge is 1.91. The first-order valence-corrected chi connectivity index (χ1v) is 2.79. The second kappa shape index (κ2) is 2.44. The Morgan fingerprint density at radius 1 is 1.67 bits per heavy atom. The van der Waals surface area contributed by atoms with Crippen molar-refractivity contribution >= 4 is 11.5 Å². The van der Waals surface area contributed by atoms with Gasteiger partial charge in [0, 0.05) is 11.9 Å². The van der Waals surface area contributed by atoms with Crippen molar-refractivity contribution in [2.75, 3.05) is 6.54 Å². The first kappa shape index (κ1) is 6.01. The van der Waals surface area contributed by atoms with E-state index in [-0.39, 0.29) is 0 Å². The molecule has 1 aliphatic rings. The molecule has 1 heterocycles. The maximum absolute atomic E-state index is 5.39. The van der Waals surface area contributed by atoms with Crippen LogP contribution in [0.1, 0.15) is 6.92 Å². The molecule has 0 saturated heterocycles. The smallest absolute Gasteiger partial charge is 0.121 e. The molecule has 3 nitrogen and oxygen atoms in total. The Balaban J connectivity index is 2.75. The predicted molar refractivity (Wildman–Crippen MR) is 38.7 cm³/mol. The van der Waals surface area contributed by atoms with Crippen molar-refractivity contribution in [2.24, 2.45) is 15.7 Å². The Kier molecular flexibility index (Phi) is 1.63. The van der Waals surface area contributed by atoms with Gasteiger partial charge in [-0.05, 0) is 13.0 Å². The van der Waals surface area contributed by atoms with E-state index in [1.807, 2.05) is 13.0 Å². The molecule has 0 fully saturated rings. The molecule has 0 aromatic heterocycles. The van der Waals surface area contributed by atoms with Crippen LogP contribution in [0.5, 0.6) is 0 Å². The molecule has 0 aromatic rings. The normalized spacial score (nSPS) is 18.3. The summed E-state index contributed by atoms with van der Waals surface area (Å²) in [5.74, 6) is 0.572. The van der Waals surface area contributed by atoms with Crippen molar-refractivity contribution in [2.45, 2.75) is 6.92 Å². The highest BCUT2D eigenvalue weighted by atomic mass is 14.9. The van der Waals surface area contributed by atoms with E-state index < -0.39 is 0 Å². The summed E-state index contributed by atoms with van der Waals surface area (Å²) in [5, 5.41) is 0. The summed E-state index contributed by atoms with van der Waals surface area (Å²) in [7, 11) is 0. The van der Waals surface area contributed by atoms with E-state index in [1.165, 1.54) is 0 Å². The topological polar surface area (TPSA) is 50.7 Å². The number of hydrogen-bond donors (Lipinski definition) is 1. The lowest BCUT2D eigenvalue weighted by molar-refractivity contribution is 1.26. The highest BCUT2D eigenvalue weighted by Crippen LogP contribution is 1.88. The van der Waals surface area contributed by atoms with Crippen LogP contribution in [0.3, 0.4) is 0 Å². The molecule has 0 aliphatic carbocycles. The maximum atomic E-state index is 5.39. The molecule has 0 saturated carbocycles. The lowest BCUT2D eigenvalue weighted by Crippen LogP contribution is -2.14. The minimum Gasteiger partial charge on any atom is -0.386 e. The van der Waals surface area contributed by atoms with Crippen molar-refractivity contribution in [1.29, 1.82) is 0 Å². The molecule has 0 unspecified atom stereocenters. The fourth-order valence-electron chi connectivity index (χ4n) is 0.540. The van der Waals surface area contributed by atoms with Gasteiger partial charge in [0.15, 0.2) is 0 Å². The minimum atomic E-state index is 0.527. The van der Waals surface area contributed by atoms with Crippen LogP contribution in [0.15, 0.2) is 22.3 Å². The molecular formula is C6H9N3. The Morgan fingerprint density at radius 3 is 3.22 bits per heavy atom. The van der Waals surface area contributed by atoms with E-state index in [0.717, 1.165) is 5.71 Å². The van der Waals surface area contributed by atoms with Crippen LogP contribution in [-0.4, -0.2) is 18.1 Å². The number of hydrogen-bond acceptors (Lipinski definition) is 3.